The molecule has 10 heteroatoms. The van der Waals surface area contributed by atoms with Crippen LogP contribution in [0.2, 0.25) is 0 Å². The Hall–Kier alpha value is -2.91. The van der Waals surface area contributed by atoms with Gasteiger partial charge in [0.05, 0.1) is 0 Å². The van der Waals surface area contributed by atoms with Crippen LogP contribution in [0.3, 0.4) is 0 Å². The second-order valence-electron chi connectivity index (χ2n) is 6.43. The number of alkyl halides is 3. The van der Waals surface area contributed by atoms with Gasteiger partial charge in [-0.1, -0.05) is 6.07 Å². The molecule has 0 saturated carbocycles. The molecule has 0 unspecified atom stereocenters. The highest BCUT2D eigenvalue weighted by Gasteiger charge is 2.43. The van der Waals surface area contributed by atoms with Crippen molar-refractivity contribution in [3.63, 3.8) is 0 Å². The number of nitrogens with one attached hydrogen (secondary N) is 1. The van der Waals surface area contributed by atoms with Gasteiger partial charge in [0.2, 0.25) is 0 Å². The van der Waals surface area contributed by atoms with E-state index in [1.165, 1.54) is 0 Å². The van der Waals surface area contributed by atoms with Gasteiger partial charge in [-0.25, -0.2) is 9.59 Å². The van der Waals surface area contributed by atoms with Crippen LogP contribution in [0.1, 0.15) is 36.3 Å². The van der Waals surface area contributed by atoms with Crippen LogP contribution in [0.5, 0.6) is 0 Å². The summed E-state index contributed by atoms with van der Waals surface area (Å²) in [6, 6.07) is 5.74. The summed E-state index contributed by atoms with van der Waals surface area (Å²) in [7, 11) is 0. The molecule has 7 nitrogen and oxygen atoms in total. The fourth-order valence-corrected chi connectivity index (χ4v) is 3.07. The van der Waals surface area contributed by atoms with Gasteiger partial charge < -0.3 is 9.64 Å². The number of aromatic amines is 1. The molecule has 0 radical (unpaired) electrons. The molecule has 1 aliphatic heterocycles. The summed E-state index contributed by atoms with van der Waals surface area (Å²) in [5.41, 5.74) is 2.16. The van der Waals surface area contributed by atoms with Crippen LogP contribution < -0.4 is 4.90 Å². The number of benzene rings is 1. The maximum Gasteiger partial charge on any atom is 0.491 e. The van der Waals surface area contributed by atoms with Crippen molar-refractivity contribution >= 4 is 17.6 Å². The lowest BCUT2D eigenvalue weighted by Gasteiger charge is -2.34. The quantitative estimate of drug-likeness (QED) is 0.649. The van der Waals surface area contributed by atoms with Gasteiger partial charge in [-0.05, 0) is 44.4 Å². The Morgan fingerprint density at radius 2 is 2.00 bits per heavy atom. The molecule has 1 aliphatic rings. The molecular formula is C17H17F3N4O3. The Labute approximate surface area is 152 Å². The summed E-state index contributed by atoms with van der Waals surface area (Å²) >= 11 is 0. The third-order valence-electron chi connectivity index (χ3n) is 4.29. The number of aromatic nitrogens is 3. The highest BCUT2D eigenvalue weighted by Crippen LogP contribution is 2.33. The van der Waals surface area contributed by atoms with Crippen LogP contribution in [0, 0.1) is 0 Å². The third-order valence-corrected chi connectivity index (χ3v) is 4.29. The van der Waals surface area contributed by atoms with Gasteiger partial charge in [0.15, 0.2) is 5.69 Å². The van der Waals surface area contributed by atoms with Gasteiger partial charge in [0, 0.05) is 23.8 Å². The Balaban J connectivity index is 1.90. The molecule has 27 heavy (non-hydrogen) atoms. The molecular weight excluding hydrogens is 365 g/mol. The van der Waals surface area contributed by atoms with Crippen LogP contribution in [-0.2, 0) is 16.0 Å². The number of hydrogen-bond donors (Lipinski definition) is 1. The van der Waals surface area contributed by atoms with Crippen LogP contribution in [0.25, 0.3) is 11.3 Å². The van der Waals surface area contributed by atoms with E-state index in [2.05, 4.69) is 38.9 Å². The molecule has 144 valence electrons. The maximum absolute atomic E-state index is 12.3. The first kappa shape index (κ1) is 18.9. The van der Waals surface area contributed by atoms with Gasteiger partial charge in [-0.3, -0.25) is 0 Å². The standard InChI is InChI=1S/C17H17F3N4O3/c1-9(2)24-7-3-4-10-8-11(5-6-12(10)24)13-14(22-23-21-13)15(25)27-16(26)17(18,19)20/h5-6,8-9H,3-4,7H2,1-2H3,(H,21,22,23). The first-order chi connectivity index (χ1) is 12.7. The molecule has 0 bridgehead atoms. The van der Waals surface area contributed by atoms with Crippen molar-refractivity contribution in [1.29, 1.82) is 0 Å². The monoisotopic (exact) mass is 382 g/mol. The van der Waals surface area contributed by atoms with E-state index < -0.39 is 23.8 Å². The predicted molar refractivity (Wildman–Crippen MR) is 89.1 cm³/mol. The van der Waals surface area contributed by atoms with Crippen LogP contribution in [0.4, 0.5) is 18.9 Å². The topological polar surface area (TPSA) is 88.2 Å². The summed E-state index contributed by atoms with van der Waals surface area (Å²) in [5.74, 6) is -4.11. The van der Waals surface area contributed by atoms with Crippen molar-refractivity contribution < 1.29 is 27.5 Å². The summed E-state index contributed by atoms with van der Waals surface area (Å²) in [5, 5.41) is 9.57. The summed E-state index contributed by atoms with van der Waals surface area (Å²) in [4.78, 5) is 25.0. The summed E-state index contributed by atoms with van der Waals surface area (Å²) < 4.78 is 40.7. The summed E-state index contributed by atoms with van der Waals surface area (Å²) in [6.45, 7) is 5.12. The number of fused-ring (bicyclic) bond motifs is 1. The van der Waals surface area contributed by atoms with E-state index in [-0.39, 0.29) is 5.69 Å². The Morgan fingerprint density at radius 1 is 1.26 bits per heavy atom. The Bertz CT molecular complexity index is 877. The van der Waals surface area contributed by atoms with Gasteiger partial charge >= 0.3 is 18.1 Å². The number of rotatable bonds is 3. The molecule has 0 amide bonds. The van der Waals surface area contributed by atoms with Gasteiger partial charge in [-0.2, -0.15) is 23.5 Å². The highest BCUT2D eigenvalue weighted by molar-refractivity contribution is 6.00. The molecule has 3 rings (SSSR count). The molecule has 1 aromatic heterocycles. The van der Waals surface area contributed by atoms with Crippen molar-refractivity contribution in [2.45, 2.75) is 38.9 Å². The number of ether oxygens (including phenoxy) is 1. The van der Waals surface area contributed by atoms with E-state index in [1.54, 1.807) is 6.07 Å². The molecule has 1 aromatic carbocycles. The van der Waals surface area contributed by atoms with E-state index in [1.807, 2.05) is 12.1 Å². The second kappa shape index (κ2) is 7.01. The minimum atomic E-state index is -5.27. The minimum absolute atomic E-state index is 0.0273. The number of anilines is 1. The van der Waals surface area contributed by atoms with Crippen LogP contribution in [0.15, 0.2) is 18.2 Å². The van der Waals surface area contributed by atoms with Crippen molar-refractivity contribution in [3.05, 3.63) is 29.5 Å². The minimum Gasteiger partial charge on any atom is -0.381 e. The fraction of sp³-hybridized carbons (Fsp3) is 0.412. The number of esters is 2. The van der Waals surface area contributed by atoms with Gasteiger partial charge in [0.25, 0.3) is 0 Å². The lowest BCUT2D eigenvalue weighted by Crippen LogP contribution is -2.35. The second-order valence-corrected chi connectivity index (χ2v) is 6.43. The zero-order valence-corrected chi connectivity index (χ0v) is 14.6. The molecule has 2 aromatic rings. The van der Waals surface area contributed by atoms with E-state index >= 15 is 0 Å². The number of halogens is 3. The normalized spacial score (nSPS) is 14.2. The molecule has 1 N–H and O–H groups in total. The lowest BCUT2D eigenvalue weighted by atomic mass is 9.96. The highest BCUT2D eigenvalue weighted by atomic mass is 19.4. The first-order valence-electron chi connectivity index (χ1n) is 8.32. The van der Waals surface area contributed by atoms with E-state index in [0.29, 0.717) is 11.6 Å². The number of carbonyl (C=O) groups is 2. The number of hydrogen-bond acceptors (Lipinski definition) is 6. The zero-order valence-electron chi connectivity index (χ0n) is 14.6. The number of H-pyrrole nitrogens is 1. The van der Waals surface area contributed by atoms with E-state index in [4.69, 9.17) is 0 Å². The Morgan fingerprint density at radius 3 is 2.67 bits per heavy atom. The molecule has 0 aliphatic carbocycles. The van der Waals surface area contributed by atoms with Gasteiger partial charge in [0.1, 0.15) is 5.69 Å². The van der Waals surface area contributed by atoms with Crippen LogP contribution in [-0.4, -0.2) is 46.1 Å². The molecule has 0 fully saturated rings. The molecule has 0 atom stereocenters. The maximum atomic E-state index is 12.3. The summed E-state index contributed by atoms with van der Waals surface area (Å²) in [6.07, 6.45) is -3.48. The van der Waals surface area contributed by atoms with Gasteiger partial charge in [-0.15, -0.1) is 5.10 Å². The SMILES string of the molecule is CC(C)N1CCCc2cc(-c3n[nH]nc3C(=O)OC(=O)C(F)(F)F)ccc21. The van der Waals surface area contributed by atoms with E-state index in [9.17, 15) is 22.8 Å². The number of aryl methyl sites for hydroxylation is 1. The zero-order chi connectivity index (χ0) is 19.8. The molecule has 2 heterocycles. The predicted octanol–water partition coefficient (Wildman–Crippen LogP) is 2.88. The first-order valence-corrected chi connectivity index (χ1v) is 8.32. The van der Waals surface area contributed by atoms with Crippen molar-refractivity contribution in [2.75, 3.05) is 11.4 Å². The Kier molecular flexibility index (Phi) is 4.90. The third kappa shape index (κ3) is 3.79. The van der Waals surface area contributed by atoms with Crippen molar-refractivity contribution in [1.82, 2.24) is 15.4 Å². The average Bonchev–Trinajstić information content (AvgIpc) is 3.09. The number of nitrogens with zero attached hydrogens (tertiary/aromatic N) is 3. The largest absolute Gasteiger partial charge is 0.491 e. The smallest absolute Gasteiger partial charge is 0.381 e. The fourth-order valence-electron chi connectivity index (χ4n) is 3.07. The molecule has 0 spiro atoms. The van der Waals surface area contributed by atoms with Crippen molar-refractivity contribution in [2.24, 2.45) is 0 Å². The molecule has 0 saturated heterocycles. The van der Waals surface area contributed by atoms with Crippen LogP contribution >= 0.6 is 0 Å². The number of carbonyl (C=O) groups excluding carboxylic acids is 2. The van der Waals surface area contributed by atoms with Crippen molar-refractivity contribution in [3.8, 4) is 11.3 Å². The average molecular weight is 382 g/mol. The lowest BCUT2D eigenvalue weighted by molar-refractivity contribution is -0.193. The van der Waals surface area contributed by atoms with E-state index in [0.717, 1.165) is 30.6 Å².